The fraction of sp³-hybridized carbons (Fsp3) is 0.333. The first-order valence-electron chi connectivity index (χ1n) is 9.43. The molecule has 0 saturated heterocycles. The summed E-state index contributed by atoms with van der Waals surface area (Å²) in [6.07, 6.45) is 2.17. The highest BCUT2D eigenvalue weighted by Crippen LogP contribution is 2.22. The van der Waals surface area contributed by atoms with Crippen molar-refractivity contribution in [1.29, 1.82) is 0 Å². The van der Waals surface area contributed by atoms with Gasteiger partial charge in [0.25, 0.3) is 5.56 Å². The van der Waals surface area contributed by atoms with Crippen molar-refractivity contribution in [1.82, 2.24) is 14.1 Å². The Hall–Kier alpha value is -3.42. The molecule has 0 aliphatic heterocycles. The molecule has 2 aromatic heterocycles. The van der Waals surface area contributed by atoms with Crippen molar-refractivity contribution in [3.8, 4) is 5.75 Å². The summed E-state index contributed by atoms with van der Waals surface area (Å²) in [6, 6.07) is 10.3. The normalized spacial score (nSPS) is 11.0. The molecule has 8 nitrogen and oxygen atoms in total. The molecular weight excluding hydrogens is 372 g/mol. The smallest absolute Gasteiger partial charge is 0.333 e. The number of nitrogens with one attached hydrogen (secondary N) is 1. The predicted molar refractivity (Wildman–Crippen MR) is 111 cm³/mol. The van der Waals surface area contributed by atoms with Crippen molar-refractivity contribution in [2.75, 3.05) is 12.4 Å². The minimum atomic E-state index is -0.544. The van der Waals surface area contributed by atoms with Crippen LogP contribution in [0.15, 0.2) is 52.2 Å². The number of rotatable bonds is 7. The lowest BCUT2D eigenvalue weighted by atomic mass is 10.1. The van der Waals surface area contributed by atoms with Gasteiger partial charge in [-0.3, -0.25) is 18.7 Å². The van der Waals surface area contributed by atoms with Gasteiger partial charge in [-0.2, -0.15) is 0 Å². The summed E-state index contributed by atoms with van der Waals surface area (Å²) in [7, 11) is 1.51. The molecule has 29 heavy (non-hydrogen) atoms. The van der Waals surface area contributed by atoms with E-state index >= 15 is 0 Å². The number of fused-ring (bicyclic) bond motifs is 1. The second-order valence-corrected chi connectivity index (χ2v) is 7.13. The number of carbonyl (C=O) groups is 1. The van der Waals surface area contributed by atoms with E-state index in [9.17, 15) is 14.4 Å². The Labute approximate surface area is 167 Å². The van der Waals surface area contributed by atoms with E-state index in [1.807, 2.05) is 13.8 Å². The number of hydrogen-bond acceptors (Lipinski definition) is 5. The maximum Gasteiger partial charge on any atom is 0.333 e. The van der Waals surface area contributed by atoms with Gasteiger partial charge >= 0.3 is 5.69 Å². The van der Waals surface area contributed by atoms with Gasteiger partial charge in [0, 0.05) is 12.7 Å². The largest absolute Gasteiger partial charge is 0.495 e. The van der Waals surface area contributed by atoms with E-state index in [-0.39, 0.29) is 24.3 Å². The van der Waals surface area contributed by atoms with E-state index in [4.69, 9.17) is 4.74 Å². The van der Waals surface area contributed by atoms with E-state index in [0.717, 1.165) is 0 Å². The van der Waals surface area contributed by atoms with Gasteiger partial charge in [-0.05, 0) is 36.6 Å². The molecule has 0 radical (unpaired) electrons. The summed E-state index contributed by atoms with van der Waals surface area (Å²) < 4.78 is 7.66. The molecule has 0 atom stereocenters. The maximum absolute atomic E-state index is 13.0. The highest BCUT2D eigenvalue weighted by atomic mass is 16.5. The van der Waals surface area contributed by atoms with Crippen LogP contribution in [0.2, 0.25) is 0 Å². The number of para-hydroxylation sites is 2. The molecule has 3 rings (SSSR count). The number of benzene rings is 1. The van der Waals surface area contributed by atoms with Gasteiger partial charge in [0.1, 0.15) is 17.9 Å². The topological polar surface area (TPSA) is 95.2 Å². The first-order valence-corrected chi connectivity index (χ1v) is 9.43. The van der Waals surface area contributed by atoms with Crippen LogP contribution in [0, 0.1) is 5.92 Å². The zero-order chi connectivity index (χ0) is 21.0. The van der Waals surface area contributed by atoms with E-state index in [0.29, 0.717) is 29.2 Å². The van der Waals surface area contributed by atoms with Crippen molar-refractivity contribution in [2.45, 2.75) is 33.4 Å². The van der Waals surface area contributed by atoms with Gasteiger partial charge < -0.3 is 10.1 Å². The quantitative estimate of drug-likeness (QED) is 0.661. The van der Waals surface area contributed by atoms with Gasteiger partial charge in [0.05, 0.1) is 18.2 Å². The van der Waals surface area contributed by atoms with Crippen molar-refractivity contribution in [2.24, 2.45) is 5.92 Å². The number of ether oxygens (including phenoxy) is 1. The van der Waals surface area contributed by atoms with Crippen molar-refractivity contribution < 1.29 is 9.53 Å². The number of amides is 1. The van der Waals surface area contributed by atoms with Crippen molar-refractivity contribution in [3.63, 3.8) is 0 Å². The molecule has 1 aromatic carbocycles. The lowest BCUT2D eigenvalue weighted by Gasteiger charge is -2.15. The number of carbonyl (C=O) groups excluding carboxylic acids is 1. The Kier molecular flexibility index (Phi) is 6.11. The van der Waals surface area contributed by atoms with E-state index < -0.39 is 11.6 Å². The van der Waals surface area contributed by atoms with Crippen LogP contribution in [0.5, 0.6) is 5.75 Å². The molecule has 0 spiro atoms. The molecule has 8 heteroatoms. The van der Waals surface area contributed by atoms with Crippen LogP contribution < -0.4 is 21.3 Å². The predicted octanol–water partition coefficient (Wildman–Crippen LogP) is 2.25. The maximum atomic E-state index is 13.0. The molecule has 2 heterocycles. The molecule has 0 bridgehead atoms. The van der Waals surface area contributed by atoms with Crippen LogP contribution in [-0.2, 0) is 17.9 Å². The van der Waals surface area contributed by atoms with Crippen molar-refractivity contribution in [3.05, 3.63) is 63.4 Å². The van der Waals surface area contributed by atoms with E-state index in [2.05, 4.69) is 10.3 Å². The molecule has 0 fully saturated rings. The van der Waals surface area contributed by atoms with Gasteiger partial charge in [0.15, 0.2) is 0 Å². The zero-order valence-electron chi connectivity index (χ0n) is 16.7. The number of methoxy groups -OCH3 is 1. The van der Waals surface area contributed by atoms with Crippen molar-refractivity contribution >= 4 is 22.6 Å². The molecule has 0 aliphatic carbocycles. The third-order valence-corrected chi connectivity index (χ3v) is 4.59. The average Bonchev–Trinajstić information content (AvgIpc) is 2.71. The number of anilines is 1. The van der Waals surface area contributed by atoms with Crippen LogP contribution in [-0.4, -0.2) is 27.1 Å². The van der Waals surface area contributed by atoms with Gasteiger partial charge in [0.2, 0.25) is 5.91 Å². The fourth-order valence-corrected chi connectivity index (χ4v) is 3.06. The lowest BCUT2D eigenvalue weighted by Crippen LogP contribution is -2.42. The zero-order valence-corrected chi connectivity index (χ0v) is 16.7. The molecule has 0 unspecified atom stereocenters. The Morgan fingerprint density at radius 2 is 1.90 bits per heavy atom. The molecular formula is C21H24N4O4. The molecule has 152 valence electrons. The highest BCUT2D eigenvalue weighted by Gasteiger charge is 2.17. The molecule has 0 saturated carbocycles. The average molecular weight is 396 g/mol. The number of hydrogen-bond donors (Lipinski definition) is 1. The minimum absolute atomic E-state index is 0.193. The Morgan fingerprint density at radius 3 is 2.62 bits per heavy atom. The Morgan fingerprint density at radius 1 is 1.14 bits per heavy atom. The third-order valence-electron chi connectivity index (χ3n) is 4.59. The van der Waals surface area contributed by atoms with Crippen LogP contribution in [0.1, 0.15) is 20.3 Å². The van der Waals surface area contributed by atoms with Gasteiger partial charge in [-0.15, -0.1) is 0 Å². The second-order valence-electron chi connectivity index (χ2n) is 7.13. The van der Waals surface area contributed by atoms with E-state index in [1.54, 1.807) is 36.4 Å². The minimum Gasteiger partial charge on any atom is -0.495 e. The van der Waals surface area contributed by atoms with Crippen LogP contribution in [0.4, 0.5) is 5.69 Å². The third kappa shape index (κ3) is 4.37. The number of nitrogens with zero attached hydrogens (tertiary/aromatic N) is 3. The Balaban J connectivity index is 2.01. The lowest BCUT2D eigenvalue weighted by molar-refractivity contribution is -0.116. The second kappa shape index (κ2) is 8.72. The van der Waals surface area contributed by atoms with Gasteiger partial charge in [-0.25, -0.2) is 9.78 Å². The summed E-state index contributed by atoms with van der Waals surface area (Å²) in [6.45, 7) is 4.06. The summed E-state index contributed by atoms with van der Waals surface area (Å²) in [5.74, 6) is 0.420. The molecule has 3 aromatic rings. The standard InChI is InChI=1S/C21H24N4O4/c1-14(2)10-12-24-20(27)15-7-6-11-22-19(15)25(21(24)28)13-18(26)23-16-8-4-5-9-17(16)29-3/h4-9,11,14H,10,12-13H2,1-3H3,(H,23,26). The van der Waals surface area contributed by atoms with E-state index in [1.165, 1.54) is 22.4 Å². The highest BCUT2D eigenvalue weighted by molar-refractivity contribution is 5.92. The number of pyridine rings is 1. The summed E-state index contributed by atoms with van der Waals surface area (Å²) >= 11 is 0. The first kappa shape index (κ1) is 20.3. The van der Waals surface area contributed by atoms with Crippen LogP contribution >= 0.6 is 0 Å². The fourth-order valence-electron chi connectivity index (χ4n) is 3.06. The summed E-state index contributed by atoms with van der Waals surface area (Å²) in [4.78, 5) is 42.6. The number of aromatic nitrogens is 3. The first-order chi connectivity index (χ1) is 13.9. The van der Waals surface area contributed by atoms with Crippen LogP contribution in [0.3, 0.4) is 0 Å². The SMILES string of the molecule is COc1ccccc1NC(=O)Cn1c(=O)n(CCC(C)C)c(=O)c2cccnc21. The molecule has 0 aliphatic rings. The molecule has 1 amide bonds. The summed E-state index contributed by atoms with van der Waals surface area (Å²) in [5.41, 5.74) is -0.242. The summed E-state index contributed by atoms with van der Waals surface area (Å²) in [5, 5.41) is 3.05. The Bertz CT molecular complexity index is 1150. The van der Waals surface area contributed by atoms with Crippen LogP contribution in [0.25, 0.3) is 11.0 Å². The monoisotopic (exact) mass is 396 g/mol. The van der Waals surface area contributed by atoms with Gasteiger partial charge in [-0.1, -0.05) is 26.0 Å². The molecule has 1 N–H and O–H groups in total.